The highest BCUT2D eigenvalue weighted by Gasteiger charge is 2.15. The fraction of sp³-hybridized carbons (Fsp3) is 0.231. The number of carbonyl (C=O) groups is 1. The number of aromatic nitrogens is 1. The lowest BCUT2D eigenvalue weighted by Gasteiger charge is -2.15. The number of rotatable bonds is 4. The zero-order valence-corrected chi connectivity index (χ0v) is 11.8. The summed E-state index contributed by atoms with van der Waals surface area (Å²) in [6.07, 6.45) is 4.11. The Bertz CT molecular complexity index is 582. The van der Waals surface area contributed by atoms with Gasteiger partial charge in [0.2, 0.25) is 0 Å². The van der Waals surface area contributed by atoms with Gasteiger partial charge in [0.05, 0.1) is 10.1 Å². The number of thioether (sulfide) groups is 2. The lowest BCUT2D eigenvalue weighted by molar-refractivity contribution is 0.0996. The Balaban J connectivity index is 2.71. The van der Waals surface area contributed by atoms with E-state index in [1.54, 1.807) is 23.5 Å². The van der Waals surface area contributed by atoms with Crippen LogP contribution in [0.3, 0.4) is 0 Å². The smallest absolute Gasteiger partial charge is 0.267 e. The molecule has 1 amide bonds. The summed E-state index contributed by atoms with van der Waals surface area (Å²) in [5.41, 5.74) is 7.59. The molecule has 0 atom stereocenters. The minimum atomic E-state index is -0.483. The van der Waals surface area contributed by atoms with E-state index >= 15 is 0 Å². The first-order chi connectivity index (χ1) is 8.67. The summed E-state index contributed by atoms with van der Waals surface area (Å²) in [5, 5.41) is 1.08. The highest BCUT2D eigenvalue weighted by molar-refractivity contribution is 8.15. The fourth-order valence-electron chi connectivity index (χ4n) is 1.87. The van der Waals surface area contributed by atoms with Gasteiger partial charge >= 0.3 is 0 Å². The van der Waals surface area contributed by atoms with E-state index in [0.717, 1.165) is 16.5 Å². The van der Waals surface area contributed by atoms with Crippen molar-refractivity contribution in [3.8, 4) is 0 Å². The van der Waals surface area contributed by atoms with E-state index in [-0.39, 0.29) is 4.58 Å². The molecule has 1 heterocycles. The van der Waals surface area contributed by atoms with Gasteiger partial charge in [-0.15, -0.1) is 23.5 Å². The van der Waals surface area contributed by atoms with Crippen LogP contribution in [0.1, 0.15) is 20.6 Å². The standard InChI is InChI=1S/C13H14N2OS2/c1-17-13(18-2)9-7-11(12(14)16)15-10-6-4-3-5-8(9)10/h3-7,13H,1-2H3,(H2,14,16). The summed E-state index contributed by atoms with van der Waals surface area (Å²) in [6.45, 7) is 0. The van der Waals surface area contributed by atoms with Crippen LogP contribution in [0.25, 0.3) is 10.9 Å². The number of pyridine rings is 1. The Kier molecular flexibility index (Phi) is 4.14. The normalized spacial score (nSPS) is 11.1. The van der Waals surface area contributed by atoms with Crippen LogP contribution in [0.2, 0.25) is 0 Å². The molecule has 94 valence electrons. The lowest BCUT2D eigenvalue weighted by Crippen LogP contribution is -2.14. The Hall–Kier alpha value is -1.20. The maximum atomic E-state index is 11.3. The number of para-hydroxylation sites is 1. The van der Waals surface area contributed by atoms with Crippen molar-refractivity contribution in [3.05, 3.63) is 41.6 Å². The zero-order chi connectivity index (χ0) is 13.1. The molecule has 0 saturated heterocycles. The molecule has 0 unspecified atom stereocenters. The van der Waals surface area contributed by atoms with Gasteiger partial charge in [-0.2, -0.15) is 0 Å². The largest absolute Gasteiger partial charge is 0.364 e. The van der Waals surface area contributed by atoms with E-state index in [2.05, 4.69) is 17.5 Å². The molecule has 0 aliphatic rings. The zero-order valence-electron chi connectivity index (χ0n) is 10.2. The summed E-state index contributed by atoms with van der Waals surface area (Å²) in [4.78, 5) is 15.6. The molecule has 3 nitrogen and oxygen atoms in total. The van der Waals surface area contributed by atoms with Gasteiger partial charge in [-0.25, -0.2) is 4.98 Å². The molecule has 1 aromatic carbocycles. The maximum absolute atomic E-state index is 11.3. The predicted molar refractivity (Wildman–Crippen MR) is 80.0 cm³/mol. The topological polar surface area (TPSA) is 56.0 Å². The summed E-state index contributed by atoms with van der Waals surface area (Å²) in [7, 11) is 0. The molecule has 0 aliphatic carbocycles. The Morgan fingerprint density at radius 2 is 1.94 bits per heavy atom. The van der Waals surface area contributed by atoms with Crippen molar-refractivity contribution in [2.75, 3.05) is 12.5 Å². The van der Waals surface area contributed by atoms with E-state index < -0.39 is 5.91 Å². The van der Waals surface area contributed by atoms with E-state index in [1.165, 1.54) is 0 Å². The number of carbonyl (C=O) groups excluding carboxylic acids is 1. The summed E-state index contributed by atoms with van der Waals surface area (Å²) in [5.74, 6) is -0.483. The van der Waals surface area contributed by atoms with Crippen molar-refractivity contribution < 1.29 is 4.79 Å². The number of hydrogen-bond donors (Lipinski definition) is 1. The predicted octanol–water partition coefficient (Wildman–Crippen LogP) is 3.06. The van der Waals surface area contributed by atoms with Crippen LogP contribution in [0.4, 0.5) is 0 Å². The molecule has 1 aromatic heterocycles. The summed E-state index contributed by atoms with van der Waals surface area (Å²) < 4.78 is 0.274. The third-order valence-electron chi connectivity index (χ3n) is 2.68. The second-order valence-electron chi connectivity index (χ2n) is 3.78. The molecule has 0 aliphatic heterocycles. The Labute approximate surface area is 115 Å². The van der Waals surface area contributed by atoms with Gasteiger partial charge in [0, 0.05) is 5.39 Å². The van der Waals surface area contributed by atoms with E-state index in [9.17, 15) is 4.79 Å². The SMILES string of the molecule is CSC(SC)c1cc(C(N)=O)nc2ccccc12. The highest BCUT2D eigenvalue weighted by atomic mass is 32.2. The number of primary amides is 1. The Morgan fingerprint density at radius 1 is 1.28 bits per heavy atom. The number of hydrogen-bond acceptors (Lipinski definition) is 4. The number of nitrogens with two attached hydrogens (primary N) is 1. The second-order valence-corrected chi connectivity index (χ2v) is 5.97. The second kappa shape index (κ2) is 5.63. The van der Waals surface area contributed by atoms with Crippen LogP contribution in [0.5, 0.6) is 0 Å². The maximum Gasteiger partial charge on any atom is 0.267 e. The fourth-order valence-corrected chi connectivity index (χ4v) is 3.54. The Morgan fingerprint density at radius 3 is 2.56 bits per heavy atom. The number of nitrogens with zero attached hydrogens (tertiary/aromatic N) is 1. The van der Waals surface area contributed by atoms with Gasteiger partial charge in [-0.3, -0.25) is 4.79 Å². The van der Waals surface area contributed by atoms with E-state index in [1.807, 2.05) is 30.3 Å². The average Bonchev–Trinajstić information content (AvgIpc) is 2.39. The number of benzene rings is 1. The molecule has 0 radical (unpaired) electrons. The first-order valence-corrected chi connectivity index (χ1v) is 8.00. The quantitative estimate of drug-likeness (QED) is 0.873. The van der Waals surface area contributed by atoms with E-state index in [0.29, 0.717) is 5.69 Å². The van der Waals surface area contributed by atoms with Crippen molar-refractivity contribution >= 4 is 40.3 Å². The molecule has 0 bridgehead atoms. The first kappa shape index (κ1) is 13.2. The van der Waals surface area contributed by atoms with Crippen LogP contribution in [0, 0.1) is 0 Å². The third kappa shape index (κ3) is 2.47. The van der Waals surface area contributed by atoms with Crippen molar-refractivity contribution in [1.29, 1.82) is 0 Å². The monoisotopic (exact) mass is 278 g/mol. The van der Waals surface area contributed by atoms with Crippen molar-refractivity contribution in [1.82, 2.24) is 4.98 Å². The van der Waals surface area contributed by atoms with Crippen LogP contribution < -0.4 is 5.73 Å². The van der Waals surface area contributed by atoms with E-state index in [4.69, 9.17) is 5.73 Å². The lowest BCUT2D eigenvalue weighted by atomic mass is 10.1. The molecule has 0 spiro atoms. The van der Waals surface area contributed by atoms with Crippen LogP contribution in [-0.2, 0) is 0 Å². The minimum Gasteiger partial charge on any atom is -0.364 e. The highest BCUT2D eigenvalue weighted by Crippen LogP contribution is 2.39. The summed E-state index contributed by atoms with van der Waals surface area (Å²) in [6, 6.07) is 9.64. The van der Waals surface area contributed by atoms with Crippen molar-refractivity contribution in [3.63, 3.8) is 0 Å². The van der Waals surface area contributed by atoms with Crippen LogP contribution in [-0.4, -0.2) is 23.4 Å². The first-order valence-electron chi connectivity index (χ1n) is 5.42. The van der Waals surface area contributed by atoms with Gasteiger partial charge in [0.15, 0.2) is 0 Å². The summed E-state index contributed by atoms with van der Waals surface area (Å²) >= 11 is 3.48. The van der Waals surface area contributed by atoms with Gasteiger partial charge in [-0.1, -0.05) is 18.2 Å². The van der Waals surface area contributed by atoms with Crippen LogP contribution in [0.15, 0.2) is 30.3 Å². The van der Waals surface area contributed by atoms with Crippen LogP contribution >= 0.6 is 23.5 Å². The molecule has 0 saturated carbocycles. The van der Waals surface area contributed by atoms with Crippen molar-refractivity contribution in [2.24, 2.45) is 5.73 Å². The molecule has 18 heavy (non-hydrogen) atoms. The van der Waals surface area contributed by atoms with Gasteiger partial charge < -0.3 is 5.73 Å². The van der Waals surface area contributed by atoms with Gasteiger partial charge in [0.1, 0.15) is 5.69 Å². The molecule has 0 fully saturated rings. The van der Waals surface area contributed by atoms with Crippen molar-refractivity contribution in [2.45, 2.75) is 4.58 Å². The van der Waals surface area contributed by atoms with Gasteiger partial charge in [-0.05, 0) is 30.2 Å². The van der Waals surface area contributed by atoms with Gasteiger partial charge in [0.25, 0.3) is 5.91 Å². The molecule has 2 aromatic rings. The minimum absolute atomic E-state index is 0.274. The third-order valence-corrected chi connectivity index (χ3v) is 5.20. The average molecular weight is 278 g/mol. The number of amides is 1. The molecular formula is C13H14N2OS2. The molecular weight excluding hydrogens is 264 g/mol. The molecule has 5 heteroatoms. The molecule has 2 N–H and O–H groups in total. The molecule has 2 rings (SSSR count). The number of fused-ring (bicyclic) bond motifs is 1.